The van der Waals surface area contributed by atoms with Gasteiger partial charge in [0.2, 0.25) is 0 Å². The van der Waals surface area contributed by atoms with Crippen LogP contribution in [0.4, 0.5) is 4.79 Å². The minimum Gasteiger partial charge on any atom is -0.516 e. The van der Waals surface area contributed by atoms with Gasteiger partial charge in [-0.3, -0.25) is 0 Å². The van der Waals surface area contributed by atoms with E-state index in [1.165, 1.54) is 0 Å². The quantitative estimate of drug-likeness (QED) is 0.0915. The molecule has 1 unspecified atom stereocenters. The summed E-state index contributed by atoms with van der Waals surface area (Å²) in [6.45, 7) is 7.99. The molecule has 0 radical (unpaired) electrons. The summed E-state index contributed by atoms with van der Waals surface area (Å²) >= 11 is 0. The standard InChI is InChI=1S/C32H34O6/c1-5-35-24(2)36-29-18-12-25(13-19-29)8-6-7-9-26-14-20-30(21-15-26)37-31(34)38-32(3,4)28-16-10-27(11-17-28)22-23-33/h6-24,33H,5H2,1-4H3. The van der Waals surface area contributed by atoms with E-state index in [1.807, 2.05) is 98.8 Å². The molecule has 0 aliphatic heterocycles. The molecule has 6 heteroatoms. The monoisotopic (exact) mass is 514 g/mol. The van der Waals surface area contributed by atoms with Gasteiger partial charge in [-0.05, 0) is 80.3 Å². The summed E-state index contributed by atoms with van der Waals surface area (Å²) in [4.78, 5) is 12.4. The van der Waals surface area contributed by atoms with E-state index in [4.69, 9.17) is 24.1 Å². The molecule has 0 heterocycles. The first-order valence-corrected chi connectivity index (χ1v) is 12.4. The topological polar surface area (TPSA) is 74.2 Å². The number of aliphatic hydroxyl groups excluding tert-OH is 1. The minimum absolute atomic E-state index is 0.280. The first kappa shape index (κ1) is 28.3. The van der Waals surface area contributed by atoms with E-state index < -0.39 is 11.8 Å². The summed E-state index contributed by atoms with van der Waals surface area (Å²) < 4.78 is 22.0. The van der Waals surface area contributed by atoms with Gasteiger partial charge in [-0.1, -0.05) is 72.8 Å². The van der Waals surface area contributed by atoms with Gasteiger partial charge in [0.15, 0.2) is 6.29 Å². The number of allylic oxidation sites excluding steroid dienone is 2. The fourth-order valence-corrected chi connectivity index (χ4v) is 3.56. The van der Waals surface area contributed by atoms with Gasteiger partial charge in [0.1, 0.15) is 17.1 Å². The summed E-state index contributed by atoms with van der Waals surface area (Å²) in [7, 11) is 0. The second-order valence-corrected chi connectivity index (χ2v) is 8.90. The van der Waals surface area contributed by atoms with Gasteiger partial charge in [0, 0.05) is 6.61 Å². The zero-order chi connectivity index (χ0) is 27.4. The van der Waals surface area contributed by atoms with E-state index in [1.54, 1.807) is 32.1 Å². The van der Waals surface area contributed by atoms with Crippen molar-refractivity contribution in [3.05, 3.63) is 113 Å². The minimum atomic E-state index is -0.886. The van der Waals surface area contributed by atoms with E-state index in [2.05, 4.69) is 0 Å². The fourth-order valence-electron chi connectivity index (χ4n) is 3.56. The summed E-state index contributed by atoms with van der Waals surface area (Å²) in [6.07, 6.45) is 9.33. The Kier molecular flexibility index (Phi) is 10.3. The van der Waals surface area contributed by atoms with Gasteiger partial charge in [-0.25, -0.2) is 4.79 Å². The van der Waals surface area contributed by atoms with E-state index in [0.717, 1.165) is 34.3 Å². The summed E-state index contributed by atoms with van der Waals surface area (Å²) in [5, 5.41) is 8.88. The van der Waals surface area contributed by atoms with Crippen LogP contribution in [0.25, 0.3) is 18.2 Å². The van der Waals surface area contributed by atoms with Crippen molar-refractivity contribution in [2.45, 2.75) is 39.6 Å². The molecule has 0 fully saturated rings. The maximum absolute atomic E-state index is 12.4. The van der Waals surface area contributed by atoms with Crippen molar-refractivity contribution >= 4 is 24.4 Å². The first-order valence-electron chi connectivity index (χ1n) is 12.4. The van der Waals surface area contributed by atoms with Gasteiger partial charge >= 0.3 is 6.16 Å². The highest BCUT2D eigenvalue weighted by Gasteiger charge is 2.26. The van der Waals surface area contributed by atoms with Gasteiger partial charge in [0.05, 0.1) is 6.26 Å². The largest absolute Gasteiger partial charge is 0.516 e. The molecule has 0 aromatic heterocycles. The van der Waals surface area contributed by atoms with Crippen LogP contribution in [-0.2, 0) is 15.1 Å². The van der Waals surface area contributed by atoms with Gasteiger partial charge in [0.25, 0.3) is 0 Å². The Morgan fingerprint density at radius 2 is 1.32 bits per heavy atom. The number of hydrogen-bond donors (Lipinski definition) is 1. The van der Waals surface area contributed by atoms with Crippen molar-refractivity contribution in [1.82, 2.24) is 0 Å². The summed E-state index contributed by atoms with van der Waals surface area (Å²) in [5.41, 5.74) is 2.77. The van der Waals surface area contributed by atoms with Crippen molar-refractivity contribution in [2.24, 2.45) is 0 Å². The lowest BCUT2D eigenvalue weighted by Crippen LogP contribution is -2.27. The highest BCUT2D eigenvalue weighted by Crippen LogP contribution is 2.26. The molecular weight excluding hydrogens is 480 g/mol. The average molecular weight is 515 g/mol. The number of benzene rings is 3. The summed E-state index contributed by atoms with van der Waals surface area (Å²) in [5.74, 6) is 1.15. The Balaban J connectivity index is 1.49. The zero-order valence-electron chi connectivity index (χ0n) is 22.2. The average Bonchev–Trinajstić information content (AvgIpc) is 2.89. The van der Waals surface area contributed by atoms with Crippen LogP contribution in [0, 0.1) is 0 Å². The van der Waals surface area contributed by atoms with Gasteiger partial charge in [-0.2, -0.15) is 0 Å². The predicted molar refractivity (Wildman–Crippen MR) is 151 cm³/mol. The van der Waals surface area contributed by atoms with Crippen LogP contribution >= 0.6 is 0 Å². The zero-order valence-corrected chi connectivity index (χ0v) is 22.2. The molecule has 3 aromatic rings. The highest BCUT2D eigenvalue weighted by atomic mass is 16.7. The Bertz CT molecular complexity index is 1240. The van der Waals surface area contributed by atoms with E-state index >= 15 is 0 Å². The molecule has 0 aliphatic carbocycles. The number of carbonyl (C=O) groups is 1. The second kappa shape index (κ2) is 13.9. The van der Waals surface area contributed by atoms with Crippen LogP contribution in [-0.4, -0.2) is 24.2 Å². The van der Waals surface area contributed by atoms with Gasteiger partial charge < -0.3 is 24.1 Å². The molecule has 198 valence electrons. The maximum Gasteiger partial charge on any atom is 0.514 e. The Morgan fingerprint density at radius 3 is 1.84 bits per heavy atom. The molecular formula is C32H34O6. The number of carbonyl (C=O) groups excluding carboxylic acids is 1. The lowest BCUT2D eigenvalue weighted by molar-refractivity contribution is -0.0613. The van der Waals surface area contributed by atoms with Gasteiger partial charge in [-0.15, -0.1) is 0 Å². The SMILES string of the molecule is CCOC(C)Oc1ccc(C=CC=Cc2ccc(OC(=O)OC(C)(C)c3ccc(C=CO)cc3)cc2)cc1. The summed E-state index contributed by atoms with van der Waals surface area (Å²) in [6, 6.07) is 22.3. The third kappa shape index (κ3) is 8.98. The normalized spacial score (nSPS) is 12.7. The predicted octanol–water partition coefficient (Wildman–Crippen LogP) is 8.15. The molecule has 0 saturated heterocycles. The van der Waals surface area contributed by atoms with Crippen LogP contribution < -0.4 is 9.47 Å². The second-order valence-electron chi connectivity index (χ2n) is 8.90. The molecule has 0 spiro atoms. The molecule has 3 rings (SSSR count). The Labute approximate surface area is 224 Å². The van der Waals surface area contributed by atoms with Crippen molar-refractivity contribution < 1.29 is 28.8 Å². The molecule has 0 saturated carbocycles. The first-order chi connectivity index (χ1) is 18.3. The molecule has 38 heavy (non-hydrogen) atoms. The van der Waals surface area contributed by atoms with Crippen LogP contribution in [0.2, 0.25) is 0 Å². The molecule has 3 aromatic carbocycles. The molecule has 6 nitrogen and oxygen atoms in total. The smallest absolute Gasteiger partial charge is 0.514 e. The van der Waals surface area contributed by atoms with E-state index in [0.29, 0.717) is 12.4 Å². The fraction of sp³-hybridized carbons (Fsp3) is 0.219. The lowest BCUT2D eigenvalue weighted by atomic mass is 9.97. The lowest BCUT2D eigenvalue weighted by Gasteiger charge is -2.25. The van der Waals surface area contributed by atoms with Crippen LogP contribution in [0.1, 0.15) is 49.9 Å². The van der Waals surface area contributed by atoms with Crippen molar-refractivity contribution in [1.29, 1.82) is 0 Å². The van der Waals surface area contributed by atoms with Crippen molar-refractivity contribution in [3.63, 3.8) is 0 Å². The number of aliphatic hydroxyl groups is 1. The third-order valence-corrected chi connectivity index (χ3v) is 5.56. The molecule has 0 bridgehead atoms. The molecule has 0 amide bonds. The number of ether oxygens (including phenoxy) is 4. The highest BCUT2D eigenvalue weighted by molar-refractivity contribution is 5.65. The maximum atomic E-state index is 12.4. The van der Waals surface area contributed by atoms with Crippen molar-refractivity contribution in [3.8, 4) is 11.5 Å². The molecule has 0 aliphatic rings. The van der Waals surface area contributed by atoms with Crippen LogP contribution in [0.3, 0.4) is 0 Å². The van der Waals surface area contributed by atoms with Crippen LogP contribution in [0.5, 0.6) is 11.5 Å². The van der Waals surface area contributed by atoms with Crippen LogP contribution in [0.15, 0.2) is 91.2 Å². The number of rotatable bonds is 11. The Hall–Kier alpha value is -4.29. The van der Waals surface area contributed by atoms with E-state index in [-0.39, 0.29) is 6.29 Å². The third-order valence-electron chi connectivity index (χ3n) is 5.56. The van der Waals surface area contributed by atoms with Crippen molar-refractivity contribution in [2.75, 3.05) is 6.61 Å². The number of hydrogen-bond acceptors (Lipinski definition) is 6. The Morgan fingerprint density at radius 1 is 0.816 bits per heavy atom. The molecule has 1 N–H and O–H groups in total. The van der Waals surface area contributed by atoms with E-state index in [9.17, 15) is 4.79 Å². The molecule has 1 atom stereocenters.